The minimum Gasteiger partial charge on any atom is -0.336 e. The maximum Gasteiger partial charge on any atom is 0.251 e. The van der Waals surface area contributed by atoms with Gasteiger partial charge in [0, 0.05) is 18.6 Å². The number of aromatic amines is 2. The first-order valence-electron chi connectivity index (χ1n) is 5.44. The average molecular weight is 175 g/mol. The lowest BCUT2D eigenvalue weighted by Crippen LogP contribution is -2.08. The molecule has 0 atom stereocenters. The van der Waals surface area contributed by atoms with Crippen molar-refractivity contribution in [3.05, 3.63) is 26.9 Å². The number of H-pyrrole nitrogens is 2. The van der Waals surface area contributed by atoms with Gasteiger partial charge in [-0.15, -0.1) is 0 Å². The van der Waals surface area contributed by atoms with Crippen molar-refractivity contribution in [1.29, 1.82) is 0 Å². The summed E-state index contributed by atoms with van der Waals surface area (Å²) in [6.07, 6.45) is -2.82. The molecule has 0 amide bonds. The standard InChI is InChI=1S/C7H10N2OS/c1-2-3-5-4-6(10)9-7(11)8-5/h4H,2-3H2,1H3,(H2,8,9,10,11)/i1D3,2D2. The molecule has 1 aromatic heterocycles. The van der Waals surface area contributed by atoms with Crippen LogP contribution in [0, 0.1) is 4.77 Å². The van der Waals surface area contributed by atoms with E-state index in [1.165, 1.54) is 0 Å². The molecule has 0 radical (unpaired) electrons. The molecule has 0 saturated carbocycles. The van der Waals surface area contributed by atoms with E-state index < -0.39 is 25.2 Å². The van der Waals surface area contributed by atoms with E-state index in [0.29, 0.717) is 0 Å². The molecule has 1 heterocycles. The smallest absolute Gasteiger partial charge is 0.251 e. The van der Waals surface area contributed by atoms with Gasteiger partial charge in [0.25, 0.3) is 5.56 Å². The summed E-state index contributed by atoms with van der Waals surface area (Å²) in [7, 11) is 0. The fourth-order valence-corrected chi connectivity index (χ4v) is 0.942. The second-order valence-electron chi connectivity index (χ2n) is 1.97. The van der Waals surface area contributed by atoms with Crippen LogP contribution in [-0.2, 0) is 6.42 Å². The summed E-state index contributed by atoms with van der Waals surface area (Å²) in [5.41, 5.74) is -0.324. The summed E-state index contributed by atoms with van der Waals surface area (Å²) in [6.45, 7) is -2.74. The molecular weight excluding hydrogens is 160 g/mol. The number of rotatable bonds is 2. The van der Waals surface area contributed by atoms with Crippen LogP contribution in [0.1, 0.15) is 25.8 Å². The third kappa shape index (κ3) is 2.31. The maximum absolute atomic E-state index is 11.0. The van der Waals surface area contributed by atoms with Crippen molar-refractivity contribution in [1.82, 2.24) is 9.97 Å². The van der Waals surface area contributed by atoms with Gasteiger partial charge in [0.1, 0.15) is 0 Å². The highest BCUT2D eigenvalue weighted by Gasteiger charge is 1.91. The highest BCUT2D eigenvalue weighted by Crippen LogP contribution is 1.93. The van der Waals surface area contributed by atoms with Crippen molar-refractivity contribution in [2.45, 2.75) is 19.6 Å². The Balaban J connectivity index is 3.06. The van der Waals surface area contributed by atoms with E-state index in [4.69, 9.17) is 19.1 Å². The van der Waals surface area contributed by atoms with Gasteiger partial charge >= 0.3 is 0 Å². The van der Waals surface area contributed by atoms with E-state index in [9.17, 15) is 4.79 Å². The van der Waals surface area contributed by atoms with Gasteiger partial charge in [-0.2, -0.15) is 0 Å². The number of hydrogen-bond acceptors (Lipinski definition) is 2. The van der Waals surface area contributed by atoms with Gasteiger partial charge in [0.2, 0.25) is 0 Å². The minimum atomic E-state index is -2.74. The molecule has 2 N–H and O–H groups in total. The molecule has 0 aliphatic carbocycles. The van der Waals surface area contributed by atoms with Crippen LogP contribution in [0.5, 0.6) is 0 Å². The Morgan fingerprint density at radius 3 is 3.27 bits per heavy atom. The van der Waals surface area contributed by atoms with Gasteiger partial charge in [0.05, 0.1) is 0 Å². The summed E-state index contributed by atoms with van der Waals surface area (Å²) >= 11 is 4.70. The maximum atomic E-state index is 11.0. The molecule has 0 aliphatic heterocycles. The molecule has 60 valence electrons. The zero-order valence-electron chi connectivity index (χ0n) is 10.6. The topological polar surface area (TPSA) is 48.6 Å². The summed E-state index contributed by atoms with van der Waals surface area (Å²) in [5, 5.41) is 0. The van der Waals surface area contributed by atoms with E-state index in [0.717, 1.165) is 6.07 Å². The number of aryl methyl sites for hydroxylation is 1. The van der Waals surface area contributed by atoms with Gasteiger partial charge in [-0.25, -0.2) is 0 Å². The van der Waals surface area contributed by atoms with Gasteiger partial charge in [0.15, 0.2) is 4.77 Å². The number of aromatic nitrogens is 2. The molecule has 11 heavy (non-hydrogen) atoms. The molecule has 0 fully saturated rings. The van der Waals surface area contributed by atoms with Crippen LogP contribution >= 0.6 is 12.2 Å². The zero-order valence-corrected chi connectivity index (χ0v) is 6.42. The highest BCUT2D eigenvalue weighted by atomic mass is 32.1. The second kappa shape index (κ2) is 3.48. The van der Waals surface area contributed by atoms with Crippen LogP contribution in [0.2, 0.25) is 0 Å². The molecule has 0 spiro atoms. The normalized spacial score (nSPS) is 19.1. The van der Waals surface area contributed by atoms with Gasteiger partial charge in [-0.3, -0.25) is 9.78 Å². The lowest BCUT2D eigenvalue weighted by molar-refractivity contribution is 0.861. The molecule has 3 nitrogen and oxygen atoms in total. The van der Waals surface area contributed by atoms with Crippen molar-refractivity contribution >= 4 is 12.2 Å². The summed E-state index contributed by atoms with van der Waals surface area (Å²) in [6, 6.07) is 1.10. The Labute approximate surface area is 76.5 Å². The SMILES string of the molecule is [2H]C([2H])([2H])C([2H])([2H])Cc1cc(=O)[nH]c(=S)[nH]1. The van der Waals surface area contributed by atoms with E-state index in [1.807, 2.05) is 0 Å². The fraction of sp³-hybridized carbons (Fsp3) is 0.429. The molecule has 0 unspecified atom stereocenters. The molecule has 1 rings (SSSR count). The quantitative estimate of drug-likeness (QED) is 0.667. The molecule has 1 aromatic rings. The lowest BCUT2D eigenvalue weighted by Gasteiger charge is -1.95. The van der Waals surface area contributed by atoms with Crippen LogP contribution in [0.4, 0.5) is 0 Å². The Bertz CT molecular complexity index is 460. The van der Waals surface area contributed by atoms with E-state index >= 15 is 0 Å². The van der Waals surface area contributed by atoms with Crippen LogP contribution in [0.15, 0.2) is 10.9 Å². The highest BCUT2D eigenvalue weighted by molar-refractivity contribution is 7.71. The van der Waals surface area contributed by atoms with Gasteiger partial charge < -0.3 is 4.98 Å². The first-order valence-corrected chi connectivity index (χ1v) is 3.35. The van der Waals surface area contributed by atoms with Gasteiger partial charge in [-0.1, -0.05) is 13.2 Å². The monoisotopic (exact) mass is 175 g/mol. The molecule has 0 aliphatic rings. The average Bonchev–Trinajstić information content (AvgIpc) is 1.97. The van der Waals surface area contributed by atoms with Crippen LogP contribution in [0.3, 0.4) is 0 Å². The zero-order chi connectivity index (χ0) is 12.6. The van der Waals surface area contributed by atoms with Crippen LogP contribution in [0.25, 0.3) is 0 Å². The summed E-state index contributed by atoms with van der Waals surface area (Å²) in [5.74, 6) is 0. The van der Waals surface area contributed by atoms with Crippen LogP contribution in [-0.4, -0.2) is 9.97 Å². The van der Waals surface area contributed by atoms with Crippen LogP contribution < -0.4 is 5.56 Å². The second-order valence-corrected chi connectivity index (χ2v) is 2.37. The predicted molar refractivity (Wildman–Crippen MR) is 46.2 cm³/mol. The number of hydrogen-bond donors (Lipinski definition) is 2. The van der Waals surface area contributed by atoms with Crippen molar-refractivity contribution < 1.29 is 6.85 Å². The molecule has 0 bridgehead atoms. The molecule has 4 heteroatoms. The first-order chi connectivity index (χ1) is 7.12. The summed E-state index contributed by atoms with van der Waals surface area (Å²) in [4.78, 5) is 15.9. The van der Waals surface area contributed by atoms with Crippen molar-refractivity contribution in [2.24, 2.45) is 0 Å². The Hall–Kier alpha value is -0.900. The molecular formula is C7H10N2OS. The van der Waals surface area contributed by atoms with Crippen molar-refractivity contribution in [3.63, 3.8) is 0 Å². The van der Waals surface area contributed by atoms with Crippen molar-refractivity contribution in [2.75, 3.05) is 0 Å². The minimum absolute atomic E-state index is 0.0452. The fourth-order valence-electron chi connectivity index (χ4n) is 0.710. The van der Waals surface area contributed by atoms with E-state index in [2.05, 4.69) is 9.97 Å². The Kier molecular flexibility index (Phi) is 1.16. The van der Waals surface area contributed by atoms with Crippen molar-refractivity contribution in [3.8, 4) is 0 Å². The van der Waals surface area contributed by atoms with Gasteiger partial charge in [-0.05, 0) is 18.6 Å². The number of nitrogens with one attached hydrogen (secondary N) is 2. The third-order valence-electron chi connectivity index (χ3n) is 1.09. The largest absolute Gasteiger partial charge is 0.336 e. The predicted octanol–water partition coefficient (Wildman–Crippen LogP) is 1.38. The molecule has 0 aromatic carbocycles. The Morgan fingerprint density at radius 1 is 1.82 bits per heavy atom. The molecule has 0 saturated heterocycles. The first kappa shape index (κ1) is 3.67. The lowest BCUT2D eigenvalue weighted by atomic mass is 10.2. The van der Waals surface area contributed by atoms with E-state index in [1.54, 1.807) is 0 Å². The van der Waals surface area contributed by atoms with E-state index in [-0.39, 0.29) is 10.5 Å². The summed E-state index contributed by atoms with van der Waals surface area (Å²) < 4.78 is 35.9. The Morgan fingerprint density at radius 2 is 2.64 bits per heavy atom. The third-order valence-corrected chi connectivity index (χ3v) is 1.30.